The number of hydrogen-bond acceptors (Lipinski definition) is 5. The lowest BCUT2D eigenvalue weighted by Gasteiger charge is -2.24. The third kappa shape index (κ3) is 8.15. The van der Waals surface area contributed by atoms with Crippen molar-refractivity contribution in [3.63, 3.8) is 0 Å². The second-order valence-electron chi connectivity index (χ2n) is 8.44. The van der Waals surface area contributed by atoms with Crippen molar-refractivity contribution in [3.05, 3.63) is 83.9 Å². The Kier molecular flexibility index (Phi) is 9.85. The molecule has 1 aliphatic rings. The van der Waals surface area contributed by atoms with Crippen LogP contribution in [0.4, 0.5) is 0 Å². The predicted molar refractivity (Wildman–Crippen MR) is 129 cm³/mol. The van der Waals surface area contributed by atoms with Crippen LogP contribution in [0.25, 0.3) is 0 Å². The second kappa shape index (κ2) is 13.3. The summed E-state index contributed by atoms with van der Waals surface area (Å²) in [7, 11) is 0. The Morgan fingerprint density at radius 3 is 2.47 bits per heavy atom. The van der Waals surface area contributed by atoms with Crippen molar-refractivity contribution in [3.8, 4) is 0 Å². The molecule has 1 heterocycles. The maximum Gasteiger partial charge on any atom is 0.306 e. The molecule has 34 heavy (non-hydrogen) atoms. The normalized spacial score (nSPS) is 20.3. The molecule has 0 fully saturated rings. The molecule has 3 unspecified atom stereocenters. The number of hydrogen-bond donors (Lipinski definition) is 3. The van der Waals surface area contributed by atoms with Gasteiger partial charge in [-0.2, -0.15) is 0 Å². The fraction of sp³-hybridized carbons (Fsp3) is 0.370. The third-order valence-electron chi connectivity index (χ3n) is 5.74. The van der Waals surface area contributed by atoms with E-state index in [0.717, 1.165) is 11.1 Å². The molecular weight excluding hydrogens is 432 g/mol. The van der Waals surface area contributed by atoms with Gasteiger partial charge < -0.3 is 20.5 Å². The van der Waals surface area contributed by atoms with Gasteiger partial charge in [-0.3, -0.25) is 14.4 Å². The average molecular weight is 465 g/mol. The Morgan fingerprint density at radius 2 is 1.76 bits per heavy atom. The molecule has 7 nitrogen and oxygen atoms in total. The molecule has 0 aliphatic carbocycles. The van der Waals surface area contributed by atoms with Crippen molar-refractivity contribution in [1.82, 2.24) is 10.6 Å². The number of carbonyl (C=O) groups is 3. The summed E-state index contributed by atoms with van der Waals surface area (Å²) in [6, 6.07) is 18.0. The summed E-state index contributed by atoms with van der Waals surface area (Å²) in [5, 5.41) is 15.5. The van der Waals surface area contributed by atoms with Gasteiger partial charge in [0, 0.05) is 12.8 Å². The molecule has 0 radical (unpaired) electrons. The van der Waals surface area contributed by atoms with Gasteiger partial charge in [-0.05, 0) is 30.4 Å². The molecule has 3 N–H and O–H groups in total. The molecule has 2 aromatic carbocycles. The minimum Gasteiger partial charge on any atom is -0.463 e. The van der Waals surface area contributed by atoms with Gasteiger partial charge in [0.2, 0.25) is 11.8 Å². The highest BCUT2D eigenvalue weighted by atomic mass is 16.5. The lowest BCUT2D eigenvalue weighted by Crippen LogP contribution is -2.42. The second-order valence-corrected chi connectivity index (χ2v) is 8.44. The van der Waals surface area contributed by atoms with Crippen molar-refractivity contribution in [2.24, 2.45) is 5.92 Å². The fourth-order valence-electron chi connectivity index (χ4n) is 3.88. The molecule has 0 saturated heterocycles. The largest absolute Gasteiger partial charge is 0.463 e. The molecule has 2 amide bonds. The van der Waals surface area contributed by atoms with Crippen LogP contribution in [0.5, 0.6) is 0 Å². The number of amides is 2. The Hall–Kier alpha value is -3.45. The SMILES string of the molecule is O=C(CC1CC=CCCC(=O)OCC(c2ccccc2)NC1=O)NC(CO)Cc1ccccc1. The Bertz CT molecular complexity index is 962. The first kappa shape index (κ1) is 25.2. The topological polar surface area (TPSA) is 105 Å². The smallest absolute Gasteiger partial charge is 0.306 e. The number of rotatable bonds is 7. The molecular formula is C27H32N2O5. The number of carbonyl (C=O) groups excluding carboxylic acids is 3. The van der Waals surface area contributed by atoms with Crippen molar-refractivity contribution in [1.29, 1.82) is 0 Å². The van der Waals surface area contributed by atoms with E-state index in [1.165, 1.54) is 0 Å². The standard InChI is InChI=1S/C27H32N2O5/c30-18-23(16-20-10-4-1-5-11-20)28-25(31)17-22-14-8-3-9-15-26(32)34-19-24(29-27(22)33)21-12-6-2-7-13-21/h1-8,10-13,22-24,30H,9,14-19H2,(H,28,31)(H,29,33). The fourth-order valence-corrected chi connectivity index (χ4v) is 3.88. The zero-order valence-electron chi connectivity index (χ0n) is 19.2. The first-order valence-corrected chi connectivity index (χ1v) is 11.6. The summed E-state index contributed by atoms with van der Waals surface area (Å²) in [6.45, 7) is -0.167. The van der Waals surface area contributed by atoms with E-state index in [4.69, 9.17) is 4.74 Å². The van der Waals surface area contributed by atoms with Crippen LogP contribution in [-0.2, 0) is 25.5 Å². The number of aliphatic hydroxyl groups excluding tert-OH is 1. The van der Waals surface area contributed by atoms with Crippen LogP contribution >= 0.6 is 0 Å². The lowest BCUT2D eigenvalue weighted by molar-refractivity contribution is -0.145. The first-order valence-electron chi connectivity index (χ1n) is 11.6. The number of allylic oxidation sites excluding steroid dienone is 2. The van der Waals surface area contributed by atoms with E-state index in [1.54, 1.807) is 0 Å². The van der Waals surface area contributed by atoms with Gasteiger partial charge in [-0.15, -0.1) is 0 Å². The summed E-state index contributed by atoms with van der Waals surface area (Å²) in [5.41, 5.74) is 1.83. The van der Waals surface area contributed by atoms with Crippen molar-refractivity contribution in [2.75, 3.05) is 13.2 Å². The molecule has 0 saturated carbocycles. The van der Waals surface area contributed by atoms with Crippen LogP contribution < -0.4 is 10.6 Å². The van der Waals surface area contributed by atoms with Crippen molar-refractivity contribution in [2.45, 2.75) is 44.2 Å². The maximum atomic E-state index is 13.2. The first-order chi connectivity index (χ1) is 16.5. The summed E-state index contributed by atoms with van der Waals surface area (Å²) >= 11 is 0. The zero-order valence-corrected chi connectivity index (χ0v) is 19.2. The summed E-state index contributed by atoms with van der Waals surface area (Å²) in [5.74, 6) is -1.48. The Balaban J connectivity index is 1.68. The third-order valence-corrected chi connectivity index (χ3v) is 5.74. The van der Waals surface area contributed by atoms with Gasteiger partial charge >= 0.3 is 5.97 Å². The predicted octanol–water partition coefficient (Wildman–Crippen LogP) is 2.85. The quantitative estimate of drug-likeness (QED) is 0.432. The molecule has 1 aliphatic heterocycles. The van der Waals surface area contributed by atoms with E-state index in [9.17, 15) is 19.5 Å². The number of nitrogens with one attached hydrogen (secondary N) is 2. The van der Waals surface area contributed by atoms with Gasteiger partial charge in [0.15, 0.2) is 0 Å². The number of benzene rings is 2. The highest BCUT2D eigenvalue weighted by molar-refractivity contribution is 5.86. The molecule has 3 atom stereocenters. The van der Waals surface area contributed by atoms with Crippen molar-refractivity contribution >= 4 is 17.8 Å². The average Bonchev–Trinajstić information content (AvgIpc) is 2.85. The molecule has 2 aromatic rings. The lowest BCUT2D eigenvalue weighted by atomic mass is 9.97. The van der Waals surface area contributed by atoms with Crippen LogP contribution in [0.15, 0.2) is 72.8 Å². The zero-order chi connectivity index (χ0) is 24.2. The van der Waals surface area contributed by atoms with Crippen LogP contribution in [0, 0.1) is 5.92 Å². The van der Waals surface area contributed by atoms with Gasteiger partial charge in [0.25, 0.3) is 0 Å². The molecule has 7 heteroatoms. The monoisotopic (exact) mass is 464 g/mol. The minimum absolute atomic E-state index is 0.0112. The maximum absolute atomic E-state index is 13.2. The van der Waals surface area contributed by atoms with E-state index < -0.39 is 18.0 Å². The summed E-state index contributed by atoms with van der Waals surface area (Å²) in [4.78, 5) is 37.9. The summed E-state index contributed by atoms with van der Waals surface area (Å²) in [6.07, 6.45) is 5.30. The highest BCUT2D eigenvalue weighted by Crippen LogP contribution is 2.18. The van der Waals surface area contributed by atoms with E-state index >= 15 is 0 Å². The number of cyclic esters (lactones) is 1. The highest BCUT2D eigenvalue weighted by Gasteiger charge is 2.26. The minimum atomic E-state index is -0.589. The molecule has 0 spiro atoms. The summed E-state index contributed by atoms with van der Waals surface area (Å²) < 4.78 is 5.38. The number of aliphatic hydroxyl groups is 1. The number of esters is 1. The van der Waals surface area contributed by atoms with Crippen molar-refractivity contribution < 1.29 is 24.2 Å². The van der Waals surface area contributed by atoms with Gasteiger partial charge in [0.05, 0.1) is 24.6 Å². The van der Waals surface area contributed by atoms with Gasteiger partial charge in [-0.1, -0.05) is 72.8 Å². The molecule has 0 bridgehead atoms. The van der Waals surface area contributed by atoms with Crippen LogP contribution in [0.2, 0.25) is 0 Å². The Morgan fingerprint density at radius 1 is 1.06 bits per heavy atom. The van der Waals surface area contributed by atoms with Crippen LogP contribution in [-0.4, -0.2) is 42.1 Å². The molecule has 0 aromatic heterocycles. The van der Waals surface area contributed by atoms with Crippen LogP contribution in [0.3, 0.4) is 0 Å². The van der Waals surface area contributed by atoms with Gasteiger partial charge in [0.1, 0.15) is 6.61 Å². The van der Waals surface area contributed by atoms with E-state index in [1.807, 2.05) is 72.8 Å². The van der Waals surface area contributed by atoms with E-state index in [-0.39, 0.29) is 43.8 Å². The molecule has 180 valence electrons. The number of ether oxygens (including phenoxy) is 1. The molecule has 3 rings (SSSR count). The van der Waals surface area contributed by atoms with E-state index in [2.05, 4.69) is 10.6 Å². The van der Waals surface area contributed by atoms with Gasteiger partial charge in [-0.25, -0.2) is 0 Å². The Labute approximate surface area is 200 Å². The van der Waals surface area contributed by atoms with Crippen LogP contribution in [0.1, 0.15) is 42.9 Å². The van der Waals surface area contributed by atoms with E-state index in [0.29, 0.717) is 19.3 Å².